The molecule has 1 N–H and O–H groups in total. The monoisotopic (exact) mass is 332 g/mol. The molecule has 1 saturated heterocycles. The summed E-state index contributed by atoms with van der Waals surface area (Å²) >= 11 is 1.54. The molecule has 0 radical (unpaired) electrons. The van der Waals surface area contributed by atoms with E-state index < -0.39 is 0 Å². The van der Waals surface area contributed by atoms with Crippen LogP contribution in [-0.4, -0.2) is 52.1 Å². The summed E-state index contributed by atoms with van der Waals surface area (Å²) in [4.78, 5) is 25.3. The zero-order valence-corrected chi connectivity index (χ0v) is 13.9. The van der Waals surface area contributed by atoms with Crippen LogP contribution >= 0.6 is 11.3 Å². The first-order valence-corrected chi connectivity index (χ1v) is 8.57. The van der Waals surface area contributed by atoms with Crippen LogP contribution in [0, 0.1) is 6.92 Å². The Morgan fingerprint density at radius 2 is 2.17 bits per heavy atom. The van der Waals surface area contributed by atoms with Gasteiger partial charge in [-0.05, 0) is 25.5 Å². The highest BCUT2D eigenvalue weighted by atomic mass is 32.1. The van der Waals surface area contributed by atoms with E-state index in [1.165, 1.54) is 11.3 Å². The molecule has 0 saturated carbocycles. The third-order valence-electron chi connectivity index (χ3n) is 3.91. The van der Waals surface area contributed by atoms with Gasteiger partial charge in [-0.25, -0.2) is 4.98 Å². The SMILES string of the molecule is Cc1ccc(C(=O)N2CCCN(c3nc(CO)cs3)CC2)cn1. The van der Waals surface area contributed by atoms with E-state index in [0.29, 0.717) is 17.8 Å². The standard InChI is InChI=1S/C16H20N4O2S/c1-12-3-4-13(9-17-12)15(22)19-5-2-6-20(8-7-19)16-18-14(10-21)11-23-16/h3-4,9,11,21H,2,5-8,10H2,1H3. The van der Waals surface area contributed by atoms with Crippen molar-refractivity contribution in [2.45, 2.75) is 20.0 Å². The highest BCUT2D eigenvalue weighted by molar-refractivity contribution is 7.13. The smallest absolute Gasteiger partial charge is 0.255 e. The Morgan fingerprint density at radius 3 is 2.87 bits per heavy atom. The molecule has 7 heteroatoms. The maximum atomic E-state index is 12.6. The number of carbonyl (C=O) groups excluding carboxylic acids is 1. The lowest BCUT2D eigenvalue weighted by atomic mass is 10.2. The molecule has 3 rings (SSSR count). The molecule has 1 aliphatic heterocycles. The Labute approximate surface area is 139 Å². The van der Waals surface area contributed by atoms with Crippen LogP contribution in [0.5, 0.6) is 0 Å². The highest BCUT2D eigenvalue weighted by Crippen LogP contribution is 2.22. The number of pyridine rings is 1. The predicted molar refractivity (Wildman–Crippen MR) is 89.7 cm³/mol. The van der Waals surface area contributed by atoms with Crippen LogP contribution in [0.4, 0.5) is 5.13 Å². The van der Waals surface area contributed by atoms with Crippen molar-refractivity contribution >= 4 is 22.4 Å². The average Bonchev–Trinajstić information content (AvgIpc) is 2.92. The summed E-state index contributed by atoms with van der Waals surface area (Å²) in [5, 5.41) is 11.9. The Bertz CT molecular complexity index is 671. The molecule has 1 fully saturated rings. The van der Waals surface area contributed by atoms with Crippen molar-refractivity contribution in [3.63, 3.8) is 0 Å². The quantitative estimate of drug-likeness (QED) is 0.926. The van der Waals surface area contributed by atoms with Gasteiger partial charge in [-0.3, -0.25) is 9.78 Å². The normalized spacial score (nSPS) is 15.6. The summed E-state index contributed by atoms with van der Waals surface area (Å²) in [6, 6.07) is 3.70. The molecule has 3 heterocycles. The van der Waals surface area contributed by atoms with Crippen LogP contribution in [-0.2, 0) is 6.61 Å². The summed E-state index contributed by atoms with van der Waals surface area (Å²) in [5.41, 5.74) is 2.25. The molecule has 2 aromatic rings. The van der Waals surface area contributed by atoms with Gasteiger partial charge in [0.15, 0.2) is 5.13 Å². The van der Waals surface area contributed by atoms with Crippen LogP contribution in [0.15, 0.2) is 23.7 Å². The second-order valence-electron chi connectivity index (χ2n) is 5.60. The Balaban J connectivity index is 1.66. The zero-order chi connectivity index (χ0) is 16.2. The second-order valence-corrected chi connectivity index (χ2v) is 6.44. The highest BCUT2D eigenvalue weighted by Gasteiger charge is 2.21. The fraction of sp³-hybridized carbons (Fsp3) is 0.438. The molecular weight excluding hydrogens is 312 g/mol. The van der Waals surface area contributed by atoms with Gasteiger partial charge in [0.05, 0.1) is 17.9 Å². The lowest BCUT2D eigenvalue weighted by Crippen LogP contribution is -2.35. The Kier molecular flexibility index (Phi) is 4.88. The van der Waals surface area contributed by atoms with Gasteiger partial charge in [0.1, 0.15) is 0 Å². The summed E-state index contributed by atoms with van der Waals surface area (Å²) in [7, 11) is 0. The maximum Gasteiger partial charge on any atom is 0.255 e. The first-order chi connectivity index (χ1) is 11.2. The van der Waals surface area contributed by atoms with Gasteiger partial charge < -0.3 is 14.9 Å². The van der Waals surface area contributed by atoms with E-state index in [4.69, 9.17) is 5.11 Å². The number of thiazole rings is 1. The van der Waals surface area contributed by atoms with Gasteiger partial charge in [-0.1, -0.05) is 0 Å². The average molecular weight is 332 g/mol. The molecule has 0 spiro atoms. The van der Waals surface area contributed by atoms with Gasteiger partial charge in [-0.15, -0.1) is 11.3 Å². The number of aliphatic hydroxyl groups is 1. The lowest BCUT2D eigenvalue weighted by molar-refractivity contribution is 0.0766. The lowest BCUT2D eigenvalue weighted by Gasteiger charge is -2.21. The van der Waals surface area contributed by atoms with Crippen LogP contribution in [0.3, 0.4) is 0 Å². The third-order valence-corrected chi connectivity index (χ3v) is 4.86. The number of nitrogens with zero attached hydrogens (tertiary/aromatic N) is 4. The van der Waals surface area contributed by atoms with Crippen LogP contribution in [0.25, 0.3) is 0 Å². The summed E-state index contributed by atoms with van der Waals surface area (Å²) in [6.07, 6.45) is 2.55. The first kappa shape index (κ1) is 15.9. The van der Waals surface area contributed by atoms with Crippen molar-refractivity contribution in [2.75, 3.05) is 31.1 Å². The van der Waals surface area contributed by atoms with Crippen molar-refractivity contribution in [2.24, 2.45) is 0 Å². The largest absolute Gasteiger partial charge is 0.390 e. The summed E-state index contributed by atoms with van der Waals surface area (Å²) in [6.45, 7) is 4.90. The molecule has 23 heavy (non-hydrogen) atoms. The molecule has 1 aliphatic rings. The van der Waals surface area contributed by atoms with E-state index in [1.807, 2.05) is 29.3 Å². The number of hydrogen-bond acceptors (Lipinski definition) is 6. The molecular formula is C16H20N4O2S. The molecule has 0 atom stereocenters. The molecule has 0 aromatic carbocycles. The molecule has 1 amide bonds. The van der Waals surface area contributed by atoms with Gasteiger partial charge in [0, 0.05) is 43.4 Å². The minimum Gasteiger partial charge on any atom is -0.390 e. The Morgan fingerprint density at radius 1 is 1.30 bits per heavy atom. The number of rotatable bonds is 3. The van der Waals surface area contributed by atoms with Gasteiger partial charge in [0.25, 0.3) is 5.91 Å². The minimum atomic E-state index is -0.0324. The number of anilines is 1. The van der Waals surface area contributed by atoms with Gasteiger partial charge in [0.2, 0.25) is 0 Å². The number of carbonyl (C=O) groups is 1. The van der Waals surface area contributed by atoms with Gasteiger partial charge >= 0.3 is 0 Å². The molecule has 0 aliphatic carbocycles. The Hall–Kier alpha value is -1.99. The van der Waals surface area contributed by atoms with Crippen molar-refractivity contribution < 1.29 is 9.90 Å². The van der Waals surface area contributed by atoms with E-state index in [9.17, 15) is 4.79 Å². The first-order valence-electron chi connectivity index (χ1n) is 7.69. The molecule has 2 aromatic heterocycles. The number of hydrogen-bond donors (Lipinski definition) is 1. The topological polar surface area (TPSA) is 69.6 Å². The zero-order valence-electron chi connectivity index (χ0n) is 13.1. The maximum absolute atomic E-state index is 12.6. The fourth-order valence-electron chi connectivity index (χ4n) is 2.60. The number of amides is 1. The molecule has 122 valence electrons. The van der Waals surface area contributed by atoms with E-state index in [2.05, 4.69) is 14.9 Å². The molecule has 6 nitrogen and oxygen atoms in total. The minimum absolute atomic E-state index is 0.0324. The van der Waals surface area contributed by atoms with E-state index in [1.54, 1.807) is 6.20 Å². The molecule has 0 bridgehead atoms. The number of aromatic nitrogens is 2. The predicted octanol–water partition coefficient (Wildman–Crippen LogP) is 1.69. The second kappa shape index (κ2) is 7.06. The van der Waals surface area contributed by atoms with Crippen molar-refractivity contribution in [3.05, 3.63) is 40.7 Å². The molecule has 0 unspecified atom stereocenters. The van der Waals surface area contributed by atoms with E-state index in [0.717, 1.165) is 36.9 Å². The van der Waals surface area contributed by atoms with Crippen molar-refractivity contribution in [1.29, 1.82) is 0 Å². The van der Waals surface area contributed by atoms with Crippen LogP contribution in [0.2, 0.25) is 0 Å². The number of aryl methyl sites for hydroxylation is 1. The van der Waals surface area contributed by atoms with Crippen LogP contribution in [0.1, 0.15) is 28.2 Å². The van der Waals surface area contributed by atoms with Crippen molar-refractivity contribution in [1.82, 2.24) is 14.9 Å². The summed E-state index contributed by atoms with van der Waals surface area (Å²) in [5.74, 6) is 0.0366. The van der Waals surface area contributed by atoms with E-state index in [-0.39, 0.29) is 12.5 Å². The summed E-state index contributed by atoms with van der Waals surface area (Å²) < 4.78 is 0. The van der Waals surface area contributed by atoms with E-state index >= 15 is 0 Å². The number of aliphatic hydroxyl groups excluding tert-OH is 1. The fourth-order valence-corrected chi connectivity index (χ4v) is 3.47. The van der Waals surface area contributed by atoms with Crippen molar-refractivity contribution in [3.8, 4) is 0 Å². The third kappa shape index (κ3) is 3.68. The van der Waals surface area contributed by atoms with Crippen LogP contribution < -0.4 is 4.90 Å². The van der Waals surface area contributed by atoms with Gasteiger partial charge in [-0.2, -0.15) is 0 Å².